The number of aryl methyl sites for hydroxylation is 2. The van der Waals surface area contributed by atoms with Crippen LogP contribution in [0.5, 0.6) is 5.75 Å². The number of thioether (sulfide) groups is 1. The first kappa shape index (κ1) is 16.3. The number of ether oxygens (including phenoxy) is 1. The average Bonchev–Trinajstić information content (AvgIpc) is 2.92. The highest BCUT2D eigenvalue weighted by Gasteiger charge is 2.17. The van der Waals surface area contributed by atoms with Crippen molar-refractivity contribution in [2.75, 3.05) is 0 Å². The molecular formula is C18H16N2O3S. The van der Waals surface area contributed by atoms with E-state index in [1.165, 1.54) is 11.8 Å². The molecule has 0 saturated heterocycles. The minimum absolute atomic E-state index is 0.421. The molecule has 2 aromatic heterocycles. The zero-order chi connectivity index (χ0) is 16.9. The lowest BCUT2D eigenvalue weighted by atomic mass is 10.2. The van der Waals surface area contributed by atoms with E-state index < -0.39 is 5.97 Å². The maximum Gasteiger partial charge on any atom is 0.346 e. The van der Waals surface area contributed by atoms with Gasteiger partial charge in [0.15, 0.2) is 0 Å². The summed E-state index contributed by atoms with van der Waals surface area (Å²) in [5.74, 6) is 1.50. The first-order valence-electron chi connectivity index (χ1n) is 7.42. The van der Waals surface area contributed by atoms with Crippen molar-refractivity contribution in [2.24, 2.45) is 0 Å². The maximum absolute atomic E-state index is 12.4. The molecule has 0 fully saturated rings. The van der Waals surface area contributed by atoms with Crippen molar-refractivity contribution >= 4 is 17.7 Å². The molecule has 0 N–H and O–H groups in total. The first-order valence-corrected chi connectivity index (χ1v) is 8.40. The van der Waals surface area contributed by atoms with E-state index in [1.807, 2.05) is 32.0 Å². The van der Waals surface area contributed by atoms with E-state index in [4.69, 9.17) is 9.26 Å². The van der Waals surface area contributed by atoms with Gasteiger partial charge in [0.25, 0.3) is 0 Å². The van der Waals surface area contributed by atoms with Crippen LogP contribution in [0.2, 0.25) is 0 Å². The lowest BCUT2D eigenvalue weighted by Crippen LogP contribution is -2.10. The minimum Gasteiger partial charge on any atom is -0.423 e. The van der Waals surface area contributed by atoms with Gasteiger partial charge >= 0.3 is 5.97 Å². The third-order valence-corrected chi connectivity index (χ3v) is 4.51. The Labute approximate surface area is 144 Å². The predicted molar refractivity (Wildman–Crippen MR) is 91.2 cm³/mol. The molecule has 0 bridgehead atoms. The van der Waals surface area contributed by atoms with Gasteiger partial charge < -0.3 is 9.26 Å². The Morgan fingerprint density at radius 2 is 1.96 bits per heavy atom. The molecule has 3 aromatic rings. The van der Waals surface area contributed by atoms with E-state index in [-0.39, 0.29) is 0 Å². The molecule has 0 unspecified atom stereocenters. The molecule has 0 saturated carbocycles. The summed E-state index contributed by atoms with van der Waals surface area (Å²) in [4.78, 5) is 16.7. The minimum atomic E-state index is -0.421. The number of hydrogen-bond acceptors (Lipinski definition) is 6. The van der Waals surface area contributed by atoms with Crippen LogP contribution in [0, 0.1) is 13.8 Å². The Morgan fingerprint density at radius 1 is 1.17 bits per heavy atom. The zero-order valence-corrected chi connectivity index (χ0v) is 14.2. The van der Waals surface area contributed by atoms with Crippen LogP contribution in [0.3, 0.4) is 0 Å². The van der Waals surface area contributed by atoms with Gasteiger partial charge in [0.05, 0.1) is 11.3 Å². The number of para-hydroxylation sites is 1. The lowest BCUT2D eigenvalue weighted by molar-refractivity contribution is 0.0730. The summed E-state index contributed by atoms with van der Waals surface area (Å²) in [6.45, 7) is 3.77. The summed E-state index contributed by atoms with van der Waals surface area (Å²) in [7, 11) is 0. The Morgan fingerprint density at radius 3 is 2.67 bits per heavy atom. The number of aromatic nitrogens is 2. The summed E-state index contributed by atoms with van der Waals surface area (Å²) in [5.41, 5.74) is 2.32. The van der Waals surface area contributed by atoms with E-state index in [0.717, 1.165) is 17.0 Å². The third kappa shape index (κ3) is 3.65. The summed E-state index contributed by atoms with van der Waals surface area (Å²) in [6.07, 6.45) is 1.66. The smallest absolute Gasteiger partial charge is 0.346 e. The summed E-state index contributed by atoms with van der Waals surface area (Å²) >= 11 is 1.46. The Bertz CT molecular complexity index is 827. The van der Waals surface area contributed by atoms with Crippen LogP contribution in [0.4, 0.5) is 0 Å². The molecule has 0 aliphatic carbocycles. The van der Waals surface area contributed by atoms with Gasteiger partial charge in [-0.2, -0.15) is 0 Å². The van der Waals surface area contributed by atoms with Crippen molar-refractivity contribution < 1.29 is 14.1 Å². The van der Waals surface area contributed by atoms with Gasteiger partial charge in [-0.1, -0.05) is 23.4 Å². The summed E-state index contributed by atoms with van der Waals surface area (Å²) in [5, 5.41) is 4.56. The molecule has 24 heavy (non-hydrogen) atoms. The van der Waals surface area contributed by atoms with E-state index in [1.54, 1.807) is 30.5 Å². The van der Waals surface area contributed by atoms with E-state index in [9.17, 15) is 4.79 Å². The molecule has 0 amide bonds. The van der Waals surface area contributed by atoms with Crippen LogP contribution in [-0.4, -0.2) is 16.1 Å². The van der Waals surface area contributed by atoms with Crippen molar-refractivity contribution in [1.82, 2.24) is 10.1 Å². The molecule has 0 radical (unpaired) electrons. The topological polar surface area (TPSA) is 65.2 Å². The largest absolute Gasteiger partial charge is 0.423 e. The molecule has 122 valence electrons. The Kier molecular flexibility index (Phi) is 4.96. The standard InChI is InChI=1S/C18H16N2O3S/c1-12-16(13(2)23-20-12)11-24-17-15(9-6-10-19-17)18(21)22-14-7-4-3-5-8-14/h3-10H,11H2,1-2H3. The molecule has 5 nitrogen and oxygen atoms in total. The first-order chi connectivity index (χ1) is 11.6. The number of hydrogen-bond donors (Lipinski definition) is 0. The van der Waals surface area contributed by atoms with Gasteiger partial charge in [0.2, 0.25) is 0 Å². The highest BCUT2D eigenvalue weighted by molar-refractivity contribution is 7.98. The number of nitrogens with zero attached hydrogens (tertiary/aromatic N) is 2. The molecule has 0 spiro atoms. The van der Waals surface area contributed by atoms with E-state index in [2.05, 4.69) is 10.1 Å². The van der Waals surface area contributed by atoms with Crippen molar-refractivity contribution in [3.8, 4) is 5.75 Å². The lowest BCUT2D eigenvalue weighted by Gasteiger charge is -2.08. The Balaban J connectivity index is 1.76. The molecule has 1 aromatic carbocycles. The summed E-state index contributed by atoms with van der Waals surface area (Å²) in [6, 6.07) is 12.4. The Hall–Kier alpha value is -2.60. The van der Waals surface area contributed by atoms with Crippen molar-refractivity contribution in [1.29, 1.82) is 0 Å². The van der Waals surface area contributed by atoms with Crippen LogP contribution in [-0.2, 0) is 5.75 Å². The second-order valence-electron chi connectivity index (χ2n) is 5.15. The number of pyridine rings is 1. The van der Waals surface area contributed by atoms with Gasteiger partial charge in [-0.15, -0.1) is 11.8 Å². The number of carbonyl (C=O) groups excluding carboxylic acids is 1. The van der Waals surface area contributed by atoms with Gasteiger partial charge in [0.1, 0.15) is 16.5 Å². The van der Waals surface area contributed by atoms with Gasteiger partial charge in [-0.05, 0) is 38.1 Å². The van der Waals surface area contributed by atoms with E-state index >= 15 is 0 Å². The quantitative estimate of drug-likeness (QED) is 0.394. The molecule has 6 heteroatoms. The van der Waals surface area contributed by atoms with Crippen LogP contribution in [0.1, 0.15) is 27.4 Å². The molecule has 3 rings (SSSR count). The van der Waals surface area contributed by atoms with Crippen LogP contribution >= 0.6 is 11.8 Å². The SMILES string of the molecule is Cc1noc(C)c1CSc1ncccc1C(=O)Oc1ccccc1. The second-order valence-corrected chi connectivity index (χ2v) is 6.11. The normalized spacial score (nSPS) is 10.6. The van der Waals surface area contributed by atoms with Crippen molar-refractivity contribution in [3.05, 3.63) is 71.2 Å². The predicted octanol–water partition coefficient (Wildman–Crippen LogP) is 4.20. The zero-order valence-electron chi connectivity index (χ0n) is 13.4. The fraction of sp³-hybridized carbons (Fsp3) is 0.167. The third-order valence-electron chi connectivity index (χ3n) is 3.48. The fourth-order valence-corrected chi connectivity index (χ4v) is 3.30. The molecule has 0 aliphatic heterocycles. The van der Waals surface area contributed by atoms with Crippen LogP contribution in [0.15, 0.2) is 58.2 Å². The molecule has 0 atom stereocenters. The highest BCUT2D eigenvalue weighted by atomic mass is 32.2. The number of carbonyl (C=O) groups is 1. The van der Waals surface area contributed by atoms with Crippen molar-refractivity contribution in [2.45, 2.75) is 24.6 Å². The maximum atomic E-state index is 12.4. The van der Waals surface area contributed by atoms with Gasteiger partial charge in [-0.3, -0.25) is 0 Å². The highest BCUT2D eigenvalue weighted by Crippen LogP contribution is 2.27. The van der Waals surface area contributed by atoms with Gasteiger partial charge in [-0.25, -0.2) is 9.78 Å². The monoisotopic (exact) mass is 340 g/mol. The van der Waals surface area contributed by atoms with E-state index in [0.29, 0.717) is 22.1 Å². The molecule has 0 aliphatic rings. The fourth-order valence-electron chi connectivity index (χ4n) is 2.16. The summed E-state index contributed by atoms with van der Waals surface area (Å²) < 4.78 is 10.6. The average molecular weight is 340 g/mol. The van der Waals surface area contributed by atoms with Crippen molar-refractivity contribution in [3.63, 3.8) is 0 Å². The van der Waals surface area contributed by atoms with Gasteiger partial charge in [0, 0.05) is 17.5 Å². The second kappa shape index (κ2) is 7.31. The number of esters is 1. The molecule has 2 heterocycles. The molecular weight excluding hydrogens is 324 g/mol. The number of rotatable bonds is 5. The van der Waals surface area contributed by atoms with Crippen LogP contribution in [0.25, 0.3) is 0 Å². The van der Waals surface area contributed by atoms with Crippen LogP contribution < -0.4 is 4.74 Å². The number of benzene rings is 1.